The van der Waals surface area contributed by atoms with Gasteiger partial charge in [0.15, 0.2) is 5.89 Å². The molecule has 1 aliphatic heterocycles. The molecule has 0 bridgehead atoms. The van der Waals surface area contributed by atoms with Crippen LogP contribution in [0.5, 0.6) is 0 Å². The number of hydrogen-bond acceptors (Lipinski definition) is 6. The Kier molecular flexibility index (Phi) is 4.06. The van der Waals surface area contributed by atoms with Crippen molar-refractivity contribution in [3.63, 3.8) is 0 Å². The van der Waals surface area contributed by atoms with E-state index in [1.807, 2.05) is 6.07 Å². The SMILES string of the molecule is Cc1nc(C)c(C(=O)Nc2ccc(N3CCNCC3)cn2)o1. The Balaban J connectivity index is 1.68. The van der Waals surface area contributed by atoms with Crippen molar-refractivity contribution in [2.24, 2.45) is 0 Å². The molecule has 1 saturated heterocycles. The van der Waals surface area contributed by atoms with Gasteiger partial charge in [-0.3, -0.25) is 4.79 Å². The summed E-state index contributed by atoms with van der Waals surface area (Å²) in [4.78, 5) is 22.8. The number of carbonyl (C=O) groups is 1. The lowest BCUT2D eigenvalue weighted by Crippen LogP contribution is -2.43. The highest BCUT2D eigenvalue weighted by atomic mass is 16.4. The molecule has 0 aromatic carbocycles. The minimum absolute atomic E-state index is 0.227. The van der Waals surface area contributed by atoms with Crippen LogP contribution in [0.25, 0.3) is 0 Å². The zero-order chi connectivity index (χ0) is 15.5. The average Bonchev–Trinajstić information content (AvgIpc) is 2.88. The summed E-state index contributed by atoms with van der Waals surface area (Å²) >= 11 is 0. The molecule has 3 heterocycles. The smallest absolute Gasteiger partial charge is 0.294 e. The van der Waals surface area contributed by atoms with E-state index in [9.17, 15) is 4.79 Å². The van der Waals surface area contributed by atoms with Crippen LogP contribution in [-0.4, -0.2) is 42.1 Å². The van der Waals surface area contributed by atoms with Crippen LogP contribution in [0.15, 0.2) is 22.7 Å². The van der Waals surface area contributed by atoms with Gasteiger partial charge in [-0.2, -0.15) is 0 Å². The quantitative estimate of drug-likeness (QED) is 0.890. The van der Waals surface area contributed by atoms with E-state index >= 15 is 0 Å². The number of oxazole rings is 1. The molecule has 7 heteroatoms. The van der Waals surface area contributed by atoms with Crippen molar-refractivity contribution in [3.8, 4) is 0 Å². The molecule has 0 saturated carbocycles. The van der Waals surface area contributed by atoms with Crippen LogP contribution >= 0.6 is 0 Å². The number of aryl methyl sites for hydroxylation is 2. The molecule has 2 aromatic heterocycles. The van der Waals surface area contributed by atoms with E-state index in [1.165, 1.54) is 0 Å². The Morgan fingerprint density at radius 2 is 2.09 bits per heavy atom. The van der Waals surface area contributed by atoms with E-state index in [-0.39, 0.29) is 11.7 Å². The minimum Gasteiger partial charge on any atom is -0.436 e. The van der Waals surface area contributed by atoms with Crippen LogP contribution in [0.1, 0.15) is 22.1 Å². The molecule has 1 aliphatic rings. The summed E-state index contributed by atoms with van der Waals surface area (Å²) < 4.78 is 5.30. The number of nitrogens with one attached hydrogen (secondary N) is 2. The van der Waals surface area contributed by atoms with Crippen molar-refractivity contribution in [1.82, 2.24) is 15.3 Å². The number of rotatable bonds is 3. The van der Waals surface area contributed by atoms with Crippen molar-refractivity contribution in [3.05, 3.63) is 35.7 Å². The van der Waals surface area contributed by atoms with Gasteiger partial charge in [0.05, 0.1) is 17.6 Å². The number of hydrogen-bond donors (Lipinski definition) is 2. The Hall–Kier alpha value is -2.41. The number of anilines is 2. The molecule has 116 valence electrons. The average molecular weight is 301 g/mol. The van der Waals surface area contributed by atoms with Crippen LogP contribution in [0.3, 0.4) is 0 Å². The zero-order valence-corrected chi connectivity index (χ0v) is 12.7. The summed E-state index contributed by atoms with van der Waals surface area (Å²) in [6, 6.07) is 3.76. The first-order valence-corrected chi connectivity index (χ1v) is 7.30. The molecule has 0 aliphatic carbocycles. The fourth-order valence-electron chi connectivity index (χ4n) is 2.49. The van der Waals surface area contributed by atoms with Crippen molar-refractivity contribution in [2.45, 2.75) is 13.8 Å². The number of pyridine rings is 1. The first-order valence-electron chi connectivity index (χ1n) is 7.30. The van der Waals surface area contributed by atoms with Crippen LogP contribution in [0.2, 0.25) is 0 Å². The third kappa shape index (κ3) is 3.09. The van der Waals surface area contributed by atoms with Gasteiger partial charge in [-0.15, -0.1) is 0 Å². The number of piperazine rings is 1. The summed E-state index contributed by atoms with van der Waals surface area (Å²) in [6.45, 7) is 7.33. The second-order valence-corrected chi connectivity index (χ2v) is 5.24. The van der Waals surface area contributed by atoms with Crippen LogP contribution in [0, 0.1) is 13.8 Å². The highest BCUT2D eigenvalue weighted by Gasteiger charge is 2.17. The second kappa shape index (κ2) is 6.15. The highest BCUT2D eigenvalue weighted by molar-refractivity contribution is 6.02. The van der Waals surface area contributed by atoms with Gasteiger partial charge < -0.3 is 20.0 Å². The Morgan fingerprint density at radius 1 is 1.32 bits per heavy atom. The summed E-state index contributed by atoms with van der Waals surface area (Å²) in [6.07, 6.45) is 1.78. The Bertz CT molecular complexity index is 659. The maximum absolute atomic E-state index is 12.1. The van der Waals surface area contributed by atoms with E-state index in [4.69, 9.17) is 4.42 Å². The number of amides is 1. The van der Waals surface area contributed by atoms with Crippen LogP contribution in [0.4, 0.5) is 11.5 Å². The highest BCUT2D eigenvalue weighted by Crippen LogP contribution is 2.17. The van der Waals surface area contributed by atoms with E-state index < -0.39 is 0 Å². The van der Waals surface area contributed by atoms with Gasteiger partial charge in [-0.25, -0.2) is 9.97 Å². The van der Waals surface area contributed by atoms with Crippen LogP contribution < -0.4 is 15.5 Å². The normalized spacial score (nSPS) is 14.9. The largest absolute Gasteiger partial charge is 0.436 e. The summed E-state index contributed by atoms with van der Waals surface area (Å²) in [5, 5.41) is 6.04. The standard InChI is InChI=1S/C15H19N5O2/c1-10-14(22-11(2)18-10)15(21)19-13-4-3-12(9-17-13)20-7-5-16-6-8-20/h3-4,9,16H,5-8H2,1-2H3,(H,17,19,21). The molecule has 3 rings (SSSR count). The fourth-order valence-corrected chi connectivity index (χ4v) is 2.49. The molecular weight excluding hydrogens is 282 g/mol. The molecule has 0 radical (unpaired) electrons. The van der Waals surface area contributed by atoms with E-state index in [0.717, 1.165) is 31.9 Å². The molecule has 0 spiro atoms. The maximum atomic E-state index is 12.1. The lowest BCUT2D eigenvalue weighted by Gasteiger charge is -2.29. The molecule has 2 N–H and O–H groups in total. The summed E-state index contributed by atoms with van der Waals surface area (Å²) in [7, 11) is 0. The van der Waals surface area contributed by atoms with Gasteiger partial charge in [0.1, 0.15) is 5.82 Å². The van der Waals surface area contributed by atoms with Gasteiger partial charge in [0.25, 0.3) is 5.91 Å². The first kappa shape index (κ1) is 14.5. The molecule has 0 unspecified atom stereocenters. The monoisotopic (exact) mass is 301 g/mol. The predicted molar refractivity (Wildman–Crippen MR) is 83.2 cm³/mol. The third-order valence-corrected chi connectivity index (χ3v) is 3.58. The lowest BCUT2D eigenvalue weighted by atomic mass is 10.3. The van der Waals surface area contributed by atoms with Crippen molar-refractivity contribution in [1.29, 1.82) is 0 Å². The van der Waals surface area contributed by atoms with Gasteiger partial charge in [0.2, 0.25) is 5.76 Å². The summed E-state index contributed by atoms with van der Waals surface area (Å²) in [5.74, 6) is 0.869. The number of carbonyl (C=O) groups excluding carboxylic acids is 1. The molecule has 1 fully saturated rings. The molecule has 7 nitrogen and oxygen atoms in total. The van der Waals surface area contributed by atoms with Crippen molar-refractivity contribution < 1.29 is 9.21 Å². The van der Waals surface area contributed by atoms with E-state index in [2.05, 4.69) is 25.5 Å². The number of nitrogens with zero attached hydrogens (tertiary/aromatic N) is 3. The predicted octanol–water partition coefficient (Wildman–Crippen LogP) is 1.35. The first-order chi connectivity index (χ1) is 10.6. The third-order valence-electron chi connectivity index (χ3n) is 3.58. The lowest BCUT2D eigenvalue weighted by molar-refractivity contribution is 0.0994. The Morgan fingerprint density at radius 3 is 2.68 bits per heavy atom. The van der Waals surface area contributed by atoms with Gasteiger partial charge in [-0.05, 0) is 19.1 Å². The Labute approximate surface area is 128 Å². The molecule has 1 amide bonds. The summed E-state index contributed by atoms with van der Waals surface area (Å²) in [5.41, 5.74) is 1.64. The zero-order valence-electron chi connectivity index (χ0n) is 12.7. The molecule has 0 atom stereocenters. The molecule has 22 heavy (non-hydrogen) atoms. The van der Waals surface area contributed by atoms with Crippen LogP contribution in [-0.2, 0) is 0 Å². The van der Waals surface area contributed by atoms with E-state index in [0.29, 0.717) is 17.4 Å². The van der Waals surface area contributed by atoms with Crippen molar-refractivity contribution >= 4 is 17.4 Å². The van der Waals surface area contributed by atoms with E-state index in [1.54, 1.807) is 26.1 Å². The number of aromatic nitrogens is 2. The van der Waals surface area contributed by atoms with Gasteiger partial charge >= 0.3 is 0 Å². The van der Waals surface area contributed by atoms with Gasteiger partial charge in [-0.1, -0.05) is 0 Å². The van der Waals surface area contributed by atoms with Crippen molar-refractivity contribution in [2.75, 3.05) is 36.4 Å². The second-order valence-electron chi connectivity index (χ2n) is 5.24. The topological polar surface area (TPSA) is 83.3 Å². The minimum atomic E-state index is -0.333. The van der Waals surface area contributed by atoms with Gasteiger partial charge in [0, 0.05) is 33.1 Å². The maximum Gasteiger partial charge on any atom is 0.294 e. The fraction of sp³-hybridized carbons (Fsp3) is 0.400. The molecule has 2 aromatic rings. The molecular formula is C15H19N5O2.